The van der Waals surface area contributed by atoms with Crippen molar-refractivity contribution in [3.8, 4) is 0 Å². The molecule has 1 nitrogen and oxygen atoms in total. The standard InChI is InChI=1S/C13H19FOS/c1-3-16-7-6-13(15)9-11-4-5-12(14)8-10(11)2/h4-5,8,13,15H,3,6-7,9H2,1-2H3. The highest BCUT2D eigenvalue weighted by molar-refractivity contribution is 7.99. The topological polar surface area (TPSA) is 20.2 Å². The predicted molar refractivity (Wildman–Crippen MR) is 68.5 cm³/mol. The molecule has 0 amide bonds. The molecule has 0 fully saturated rings. The van der Waals surface area contributed by atoms with E-state index in [4.69, 9.17) is 0 Å². The van der Waals surface area contributed by atoms with Crippen LogP contribution < -0.4 is 0 Å². The minimum Gasteiger partial charge on any atom is -0.393 e. The van der Waals surface area contributed by atoms with Gasteiger partial charge in [0.15, 0.2) is 0 Å². The highest BCUT2D eigenvalue weighted by atomic mass is 32.2. The van der Waals surface area contributed by atoms with E-state index < -0.39 is 0 Å². The number of aliphatic hydroxyl groups is 1. The van der Waals surface area contributed by atoms with Gasteiger partial charge in [0.1, 0.15) is 5.82 Å². The van der Waals surface area contributed by atoms with Gasteiger partial charge in [-0.3, -0.25) is 0 Å². The Morgan fingerprint density at radius 1 is 1.44 bits per heavy atom. The summed E-state index contributed by atoms with van der Waals surface area (Å²) in [5.41, 5.74) is 1.96. The Hall–Kier alpha value is -0.540. The molecule has 1 unspecified atom stereocenters. The molecule has 0 aliphatic heterocycles. The molecule has 1 aromatic carbocycles. The zero-order chi connectivity index (χ0) is 12.0. The first-order chi connectivity index (χ1) is 7.63. The number of aliphatic hydroxyl groups excluding tert-OH is 1. The lowest BCUT2D eigenvalue weighted by Crippen LogP contribution is -2.12. The van der Waals surface area contributed by atoms with Crippen LogP contribution in [0.25, 0.3) is 0 Å². The normalized spacial score (nSPS) is 12.8. The summed E-state index contributed by atoms with van der Waals surface area (Å²) in [6, 6.07) is 4.74. The molecule has 0 aromatic heterocycles. The lowest BCUT2D eigenvalue weighted by atomic mass is 10.0. The maximum atomic E-state index is 12.9. The molecule has 0 spiro atoms. The first-order valence-electron chi connectivity index (χ1n) is 5.64. The van der Waals surface area contributed by atoms with E-state index in [2.05, 4.69) is 6.92 Å². The van der Waals surface area contributed by atoms with Gasteiger partial charge < -0.3 is 5.11 Å². The zero-order valence-electron chi connectivity index (χ0n) is 9.87. The molecule has 90 valence electrons. The van der Waals surface area contributed by atoms with Crippen LogP contribution in [0.4, 0.5) is 4.39 Å². The summed E-state index contributed by atoms with van der Waals surface area (Å²) in [5.74, 6) is 1.86. The molecule has 1 rings (SSSR count). The van der Waals surface area contributed by atoms with Crippen molar-refractivity contribution < 1.29 is 9.50 Å². The molecule has 0 radical (unpaired) electrons. The van der Waals surface area contributed by atoms with Crippen LogP contribution in [0.2, 0.25) is 0 Å². The molecule has 0 saturated carbocycles. The molecule has 0 heterocycles. The Labute approximate surface area is 101 Å². The zero-order valence-corrected chi connectivity index (χ0v) is 10.7. The van der Waals surface area contributed by atoms with Gasteiger partial charge in [-0.2, -0.15) is 11.8 Å². The first-order valence-corrected chi connectivity index (χ1v) is 6.79. The average Bonchev–Trinajstić information content (AvgIpc) is 2.23. The quantitative estimate of drug-likeness (QED) is 0.773. The molecule has 0 aliphatic carbocycles. The van der Waals surface area contributed by atoms with Crippen molar-refractivity contribution in [3.63, 3.8) is 0 Å². The SMILES string of the molecule is CCSCCC(O)Cc1ccc(F)cc1C. The van der Waals surface area contributed by atoms with Gasteiger partial charge in [-0.15, -0.1) is 0 Å². The second-order valence-electron chi connectivity index (χ2n) is 3.91. The highest BCUT2D eigenvalue weighted by Crippen LogP contribution is 2.14. The number of hydrogen-bond acceptors (Lipinski definition) is 2. The number of hydrogen-bond donors (Lipinski definition) is 1. The van der Waals surface area contributed by atoms with Crippen molar-refractivity contribution >= 4 is 11.8 Å². The van der Waals surface area contributed by atoms with Crippen molar-refractivity contribution in [2.24, 2.45) is 0 Å². The van der Waals surface area contributed by atoms with Gasteiger partial charge in [0, 0.05) is 0 Å². The first kappa shape index (κ1) is 13.5. The largest absolute Gasteiger partial charge is 0.393 e. The van der Waals surface area contributed by atoms with E-state index in [1.807, 2.05) is 18.7 Å². The summed E-state index contributed by atoms with van der Waals surface area (Å²) in [5, 5.41) is 9.82. The van der Waals surface area contributed by atoms with E-state index in [1.165, 1.54) is 12.1 Å². The van der Waals surface area contributed by atoms with Crippen LogP contribution in [0.3, 0.4) is 0 Å². The number of halogens is 1. The van der Waals surface area contributed by atoms with Crippen molar-refractivity contribution in [1.82, 2.24) is 0 Å². The third kappa shape index (κ3) is 4.54. The molecule has 1 aromatic rings. The van der Waals surface area contributed by atoms with Crippen LogP contribution in [0.5, 0.6) is 0 Å². The molecule has 3 heteroatoms. The van der Waals surface area contributed by atoms with Crippen LogP contribution in [-0.4, -0.2) is 22.7 Å². The Morgan fingerprint density at radius 3 is 2.81 bits per heavy atom. The Kier molecular flexibility index (Phi) is 5.85. The van der Waals surface area contributed by atoms with Gasteiger partial charge in [-0.25, -0.2) is 4.39 Å². The Balaban J connectivity index is 2.46. The van der Waals surface area contributed by atoms with Gasteiger partial charge in [0.25, 0.3) is 0 Å². The lowest BCUT2D eigenvalue weighted by molar-refractivity contribution is 0.172. The Morgan fingerprint density at radius 2 is 2.19 bits per heavy atom. The molecule has 16 heavy (non-hydrogen) atoms. The van der Waals surface area contributed by atoms with E-state index in [0.717, 1.165) is 29.1 Å². The summed E-state index contributed by atoms with van der Waals surface area (Å²) in [7, 11) is 0. The number of rotatable bonds is 6. The van der Waals surface area contributed by atoms with Gasteiger partial charge in [0.05, 0.1) is 6.10 Å². The molecule has 0 bridgehead atoms. The maximum absolute atomic E-state index is 12.9. The summed E-state index contributed by atoms with van der Waals surface area (Å²) in [4.78, 5) is 0. The minimum atomic E-state index is -0.316. The van der Waals surface area contributed by atoms with Crippen molar-refractivity contribution in [1.29, 1.82) is 0 Å². The highest BCUT2D eigenvalue weighted by Gasteiger charge is 2.07. The van der Waals surface area contributed by atoms with Crippen LogP contribution in [0, 0.1) is 12.7 Å². The second-order valence-corrected chi connectivity index (χ2v) is 5.31. The summed E-state index contributed by atoms with van der Waals surface area (Å²) in [6.45, 7) is 3.99. The number of benzene rings is 1. The molecular formula is C13H19FOS. The summed E-state index contributed by atoms with van der Waals surface area (Å²) >= 11 is 1.83. The van der Waals surface area contributed by atoms with E-state index in [9.17, 15) is 9.50 Å². The van der Waals surface area contributed by atoms with E-state index >= 15 is 0 Å². The molecule has 0 saturated heterocycles. The Bertz CT molecular complexity index is 328. The minimum absolute atomic E-state index is 0.211. The smallest absolute Gasteiger partial charge is 0.123 e. The van der Waals surface area contributed by atoms with Crippen LogP contribution in [0.1, 0.15) is 24.5 Å². The lowest BCUT2D eigenvalue weighted by Gasteiger charge is -2.12. The summed E-state index contributed by atoms with van der Waals surface area (Å²) in [6.07, 6.45) is 1.11. The van der Waals surface area contributed by atoms with E-state index in [0.29, 0.717) is 6.42 Å². The molecule has 0 aliphatic rings. The fourth-order valence-electron chi connectivity index (χ4n) is 1.61. The van der Waals surface area contributed by atoms with Crippen molar-refractivity contribution in [2.75, 3.05) is 11.5 Å². The van der Waals surface area contributed by atoms with E-state index in [1.54, 1.807) is 6.07 Å². The van der Waals surface area contributed by atoms with Crippen molar-refractivity contribution in [3.05, 3.63) is 35.1 Å². The molecular weight excluding hydrogens is 223 g/mol. The number of thioether (sulfide) groups is 1. The molecule has 1 N–H and O–H groups in total. The fourth-order valence-corrected chi connectivity index (χ4v) is 2.34. The fraction of sp³-hybridized carbons (Fsp3) is 0.538. The third-order valence-electron chi connectivity index (χ3n) is 2.56. The van der Waals surface area contributed by atoms with Gasteiger partial charge in [0.2, 0.25) is 0 Å². The second kappa shape index (κ2) is 6.92. The van der Waals surface area contributed by atoms with Gasteiger partial charge in [-0.1, -0.05) is 13.0 Å². The number of aryl methyl sites for hydroxylation is 1. The van der Waals surface area contributed by atoms with Crippen molar-refractivity contribution in [2.45, 2.75) is 32.8 Å². The summed E-state index contributed by atoms with van der Waals surface area (Å²) < 4.78 is 12.9. The molecule has 1 atom stereocenters. The van der Waals surface area contributed by atoms with Gasteiger partial charge >= 0.3 is 0 Å². The maximum Gasteiger partial charge on any atom is 0.123 e. The van der Waals surface area contributed by atoms with Crippen LogP contribution in [0.15, 0.2) is 18.2 Å². The van der Waals surface area contributed by atoms with E-state index in [-0.39, 0.29) is 11.9 Å². The monoisotopic (exact) mass is 242 g/mol. The van der Waals surface area contributed by atoms with Crippen LogP contribution >= 0.6 is 11.8 Å². The van der Waals surface area contributed by atoms with Gasteiger partial charge in [-0.05, 0) is 54.5 Å². The van der Waals surface area contributed by atoms with Crippen LogP contribution in [-0.2, 0) is 6.42 Å². The predicted octanol–water partition coefficient (Wildman–Crippen LogP) is 3.18. The average molecular weight is 242 g/mol. The third-order valence-corrected chi connectivity index (χ3v) is 3.49.